The van der Waals surface area contributed by atoms with Crippen LogP contribution in [0.1, 0.15) is 37.5 Å². The molecule has 22 heavy (non-hydrogen) atoms. The lowest BCUT2D eigenvalue weighted by molar-refractivity contribution is -0.122. The van der Waals surface area contributed by atoms with Gasteiger partial charge in [0.1, 0.15) is 23.0 Å². The number of amides is 1. The number of aryl methyl sites for hydroxylation is 1. The summed E-state index contributed by atoms with van der Waals surface area (Å²) in [5.41, 5.74) is 0. The van der Waals surface area contributed by atoms with E-state index in [-0.39, 0.29) is 11.9 Å². The van der Waals surface area contributed by atoms with E-state index in [4.69, 9.17) is 0 Å². The summed E-state index contributed by atoms with van der Waals surface area (Å²) in [6, 6.07) is 2.51. The minimum atomic E-state index is -0.0799. The molecule has 0 unspecified atom stereocenters. The first kappa shape index (κ1) is 13.9. The Balaban J connectivity index is 1.67. The monoisotopic (exact) mass is 316 g/mol. The number of thiophene rings is 1. The van der Waals surface area contributed by atoms with Gasteiger partial charge in [-0.25, -0.2) is 9.97 Å². The molecule has 5 nitrogen and oxygen atoms in total. The minimum absolute atomic E-state index is 0.0799. The molecule has 3 heterocycles. The molecule has 1 saturated carbocycles. The van der Waals surface area contributed by atoms with E-state index in [0.29, 0.717) is 6.04 Å². The number of fused-ring (bicyclic) bond motifs is 1. The number of aromatic nitrogens is 2. The minimum Gasteiger partial charge on any atom is -0.352 e. The standard InChI is InChI=1S/C16H20N4OS/c1-2-11-8-12-14(17-9-18-16(12)22-11)20-7-3-4-13(20)15(21)19-10-5-6-10/h8-10,13H,2-7H2,1H3,(H,19,21)/t13-/m0/s1. The van der Waals surface area contributed by atoms with Crippen LogP contribution in [-0.2, 0) is 11.2 Å². The molecule has 1 atom stereocenters. The fraction of sp³-hybridized carbons (Fsp3) is 0.562. The average Bonchev–Trinajstić information content (AvgIpc) is 3.06. The van der Waals surface area contributed by atoms with Gasteiger partial charge in [0.25, 0.3) is 0 Å². The second-order valence-corrected chi connectivity index (χ2v) is 7.23. The van der Waals surface area contributed by atoms with Gasteiger partial charge in [-0.2, -0.15) is 0 Å². The van der Waals surface area contributed by atoms with Gasteiger partial charge >= 0.3 is 0 Å². The van der Waals surface area contributed by atoms with Gasteiger partial charge < -0.3 is 10.2 Å². The fourth-order valence-electron chi connectivity index (χ4n) is 3.11. The van der Waals surface area contributed by atoms with Gasteiger partial charge in [-0.15, -0.1) is 11.3 Å². The fourth-order valence-corrected chi connectivity index (χ4v) is 4.04. The highest BCUT2D eigenvalue weighted by Gasteiger charge is 2.35. The Bertz CT molecular complexity index is 709. The van der Waals surface area contributed by atoms with Crippen LogP contribution in [0.3, 0.4) is 0 Å². The molecule has 116 valence electrons. The molecule has 1 aliphatic heterocycles. The highest BCUT2D eigenvalue weighted by atomic mass is 32.1. The molecule has 0 radical (unpaired) electrons. The summed E-state index contributed by atoms with van der Waals surface area (Å²) < 4.78 is 0. The van der Waals surface area contributed by atoms with Crippen molar-refractivity contribution in [2.45, 2.75) is 51.1 Å². The quantitative estimate of drug-likeness (QED) is 0.941. The van der Waals surface area contributed by atoms with Crippen molar-refractivity contribution in [3.8, 4) is 0 Å². The first-order chi connectivity index (χ1) is 10.8. The Hall–Kier alpha value is -1.69. The molecule has 1 amide bonds. The van der Waals surface area contributed by atoms with Crippen LogP contribution >= 0.6 is 11.3 Å². The van der Waals surface area contributed by atoms with E-state index in [1.165, 1.54) is 4.88 Å². The lowest BCUT2D eigenvalue weighted by Gasteiger charge is -2.25. The number of carbonyl (C=O) groups is 1. The van der Waals surface area contributed by atoms with E-state index in [2.05, 4.69) is 33.2 Å². The van der Waals surface area contributed by atoms with E-state index in [0.717, 1.165) is 54.7 Å². The SMILES string of the molecule is CCc1cc2c(N3CCC[C@H]3C(=O)NC3CC3)ncnc2s1. The Morgan fingerprint density at radius 1 is 1.41 bits per heavy atom. The van der Waals surface area contributed by atoms with Crippen molar-refractivity contribution >= 4 is 33.3 Å². The Labute approximate surface area is 133 Å². The zero-order valence-electron chi connectivity index (χ0n) is 12.7. The highest BCUT2D eigenvalue weighted by Crippen LogP contribution is 2.34. The number of hydrogen-bond acceptors (Lipinski definition) is 5. The summed E-state index contributed by atoms with van der Waals surface area (Å²) in [5, 5.41) is 4.23. The first-order valence-corrected chi connectivity index (χ1v) is 8.88. The molecular formula is C16H20N4OS. The summed E-state index contributed by atoms with van der Waals surface area (Å²) in [6.07, 6.45) is 6.84. The zero-order chi connectivity index (χ0) is 15.1. The van der Waals surface area contributed by atoms with Gasteiger partial charge in [-0.05, 0) is 38.2 Å². The van der Waals surface area contributed by atoms with Crippen molar-refractivity contribution < 1.29 is 4.79 Å². The first-order valence-electron chi connectivity index (χ1n) is 8.06. The second kappa shape index (κ2) is 5.50. The lowest BCUT2D eigenvalue weighted by Crippen LogP contribution is -2.44. The predicted octanol–water partition coefficient (Wildman–Crippen LogP) is 2.50. The third-order valence-electron chi connectivity index (χ3n) is 4.46. The van der Waals surface area contributed by atoms with Crippen LogP contribution < -0.4 is 10.2 Å². The van der Waals surface area contributed by atoms with Crippen LogP contribution in [0.4, 0.5) is 5.82 Å². The number of nitrogens with zero attached hydrogens (tertiary/aromatic N) is 3. The molecule has 4 rings (SSSR count). The molecule has 2 fully saturated rings. The van der Waals surface area contributed by atoms with Crippen LogP contribution in [0.15, 0.2) is 12.4 Å². The third-order valence-corrected chi connectivity index (χ3v) is 5.65. The average molecular weight is 316 g/mol. The molecule has 1 saturated heterocycles. The Morgan fingerprint density at radius 3 is 3.05 bits per heavy atom. The smallest absolute Gasteiger partial charge is 0.242 e. The van der Waals surface area contributed by atoms with Gasteiger partial charge in [-0.1, -0.05) is 6.92 Å². The van der Waals surface area contributed by atoms with Gasteiger partial charge in [0.05, 0.1) is 5.39 Å². The van der Waals surface area contributed by atoms with E-state index < -0.39 is 0 Å². The van der Waals surface area contributed by atoms with E-state index in [1.807, 2.05) is 0 Å². The highest BCUT2D eigenvalue weighted by molar-refractivity contribution is 7.18. The molecule has 1 N–H and O–H groups in total. The number of anilines is 1. The van der Waals surface area contributed by atoms with E-state index >= 15 is 0 Å². The van der Waals surface area contributed by atoms with Crippen molar-refractivity contribution in [2.75, 3.05) is 11.4 Å². The Morgan fingerprint density at radius 2 is 2.27 bits per heavy atom. The normalized spacial score (nSPS) is 21.5. The predicted molar refractivity (Wildman–Crippen MR) is 88.3 cm³/mol. The van der Waals surface area contributed by atoms with Crippen molar-refractivity contribution in [3.63, 3.8) is 0 Å². The molecule has 0 spiro atoms. The lowest BCUT2D eigenvalue weighted by atomic mass is 10.2. The number of carbonyl (C=O) groups excluding carboxylic acids is 1. The third kappa shape index (κ3) is 2.45. The molecule has 6 heteroatoms. The maximum atomic E-state index is 12.5. The summed E-state index contributed by atoms with van der Waals surface area (Å²) in [4.78, 5) is 25.9. The molecule has 2 aromatic rings. The Kier molecular flexibility index (Phi) is 3.48. The second-order valence-electron chi connectivity index (χ2n) is 6.12. The summed E-state index contributed by atoms with van der Waals surface area (Å²) in [6.45, 7) is 3.05. The van der Waals surface area contributed by atoms with Crippen LogP contribution in [0, 0.1) is 0 Å². The number of rotatable bonds is 4. The van der Waals surface area contributed by atoms with Crippen LogP contribution in [0.25, 0.3) is 10.2 Å². The van der Waals surface area contributed by atoms with Crippen molar-refractivity contribution in [1.82, 2.24) is 15.3 Å². The van der Waals surface area contributed by atoms with Crippen LogP contribution in [0.2, 0.25) is 0 Å². The van der Waals surface area contributed by atoms with Gasteiger partial charge in [0, 0.05) is 17.5 Å². The van der Waals surface area contributed by atoms with Gasteiger partial charge in [0.15, 0.2) is 0 Å². The molecule has 2 aromatic heterocycles. The van der Waals surface area contributed by atoms with Crippen LogP contribution in [0.5, 0.6) is 0 Å². The summed E-state index contributed by atoms with van der Waals surface area (Å²) in [7, 11) is 0. The maximum Gasteiger partial charge on any atom is 0.242 e. The largest absolute Gasteiger partial charge is 0.352 e. The van der Waals surface area contributed by atoms with Gasteiger partial charge in [0.2, 0.25) is 5.91 Å². The molecular weight excluding hydrogens is 296 g/mol. The van der Waals surface area contributed by atoms with Crippen molar-refractivity contribution in [1.29, 1.82) is 0 Å². The van der Waals surface area contributed by atoms with E-state index in [1.54, 1.807) is 17.7 Å². The molecule has 0 aromatic carbocycles. The number of nitrogens with one attached hydrogen (secondary N) is 1. The maximum absolute atomic E-state index is 12.5. The summed E-state index contributed by atoms with van der Waals surface area (Å²) in [5.74, 6) is 1.09. The van der Waals surface area contributed by atoms with Crippen LogP contribution in [-0.4, -0.2) is 34.5 Å². The van der Waals surface area contributed by atoms with Crippen molar-refractivity contribution in [2.24, 2.45) is 0 Å². The molecule has 0 bridgehead atoms. The molecule has 1 aliphatic carbocycles. The van der Waals surface area contributed by atoms with E-state index in [9.17, 15) is 4.79 Å². The zero-order valence-corrected chi connectivity index (χ0v) is 13.5. The van der Waals surface area contributed by atoms with Gasteiger partial charge in [-0.3, -0.25) is 4.79 Å². The number of hydrogen-bond donors (Lipinski definition) is 1. The summed E-state index contributed by atoms with van der Waals surface area (Å²) >= 11 is 1.72. The topological polar surface area (TPSA) is 58.1 Å². The molecule has 2 aliphatic rings. The van der Waals surface area contributed by atoms with Crippen molar-refractivity contribution in [3.05, 3.63) is 17.3 Å².